The van der Waals surface area contributed by atoms with Crippen molar-refractivity contribution in [2.45, 2.75) is 0 Å². The van der Waals surface area contributed by atoms with Crippen molar-refractivity contribution in [1.82, 2.24) is 9.97 Å². The van der Waals surface area contributed by atoms with Gasteiger partial charge in [0.05, 0.1) is 0 Å². The van der Waals surface area contributed by atoms with Crippen LogP contribution in [0.15, 0.2) is 28.7 Å². The van der Waals surface area contributed by atoms with Crippen molar-refractivity contribution in [3.05, 3.63) is 28.2 Å². The van der Waals surface area contributed by atoms with Crippen LogP contribution in [0.5, 0.6) is 5.88 Å². The Bertz CT molecular complexity index is 678. The van der Waals surface area contributed by atoms with Crippen molar-refractivity contribution in [1.29, 1.82) is 0 Å². The molecule has 0 bridgehead atoms. The lowest BCUT2D eigenvalue weighted by Crippen LogP contribution is -1.71. The van der Waals surface area contributed by atoms with Gasteiger partial charge in [0.2, 0.25) is 11.8 Å². The second-order valence-corrected chi connectivity index (χ2v) is 4.87. The summed E-state index contributed by atoms with van der Waals surface area (Å²) in [5, 5.41) is 9.60. The van der Waals surface area contributed by atoms with E-state index in [2.05, 4.69) is 9.97 Å². The van der Waals surface area contributed by atoms with Gasteiger partial charge in [-0.1, -0.05) is 23.5 Å². The molecule has 3 aromatic rings. The van der Waals surface area contributed by atoms with E-state index < -0.39 is 0 Å². The van der Waals surface area contributed by atoms with E-state index in [-0.39, 0.29) is 5.88 Å². The highest BCUT2D eigenvalue weighted by Gasteiger charge is 2.14. The first-order chi connectivity index (χ1) is 7.74. The number of nitrogens with one attached hydrogen (secondary N) is 1. The van der Waals surface area contributed by atoms with Crippen LogP contribution in [0.3, 0.4) is 0 Å². The van der Waals surface area contributed by atoms with Crippen LogP contribution >= 0.6 is 23.6 Å². The molecule has 0 unspecified atom stereocenters. The molecule has 0 saturated carbocycles. The quantitative estimate of drug-likeness (QED) is 0.650. The minimum Gasteiger partial charge on any atom is -0.493 e. The zero-order valence-electron chi connectivity index (χ0n) is 7.93. The van der Waals surface area contributed by atoms with Gasteiger partial charge < -0.3 is 14.5 Å². The minimum atomic E-state index is 0.00144. The number of aromatic nitrogens is 2. The van der Waals surface area contributed by atoms with E-state index in [0.29, 0.717) is 20.3 Å². The van der Waals surface area contributed by atoms with Gasteiger partial charge in [0.25, 0.3) is 0 Å². The Kier molecular flexibility index (Phi) is 2.05. The number of hydrogen-bond donors (Lipinski definition) is 2. The highest BCUT2D eigenvalue weighted by molar-refractivity contribution is 7.73. The van der Waals surface area contributed by atoms with Gasteiger partial charge in [0.15, 0.2) is 14.4 Å². The minimum absolute atomic E-state index is 0.00144. The van der Waals surface area contributed by atoms with E-state index in [0.717, 1.165) is 5.52 Å². The average molecular weight is 250 g/mol. The normalized spacial score (nSPS) is 11.0. The molecule has 0 aliphatic heterocycles. The predicted octanol–water partition coefficient (Wildman–Crippen LogP) is 3.32. The zero-order chi connectivity index (χ0) is 11.1. The van der Waals surface area contributed by atoms with Crippen molar-refractivity contribution in [2.75, 3.05) is 0 Å². The summed E-state index contributed by atoms with van der Waals surface area (Å²) >= 11 is 6.17. The summed E-state index contributed by atoms with van der Waals surface area (Å²) in [6.07, 6.45) is 0. The van der Waals surface area contributed by atoms with Crippen molar-refractivity contribution >= 4 is 34.7 Å². The molecule has 0 saturated heterocycles. The highest BCUT2D eigenvalue weighted by atomic mass is 32.1. The summed E-state index contributed by atoms with van der Waals surface area (Å²) in [7, 11) is 0. The molecule has 0 amide bonds. The van der Waals surface area contributed by atoms with E-state index in [1.165, 1.54) is 11.3 Å². The number of nitrogens with zero attached hydrogens (tertiary/aromatic N) is 1. The summed E-state index contributed by atoms with van der Waals surface area (Å²) in [6.45, 7) is 0. The van der Waals surface area contributed by atoms with Crippen LogP contribution in [0.1, 0.15) is 0 Å². The van der Waals surface area contributed by atoms with E-state index in [4.69, 9.17) is 16.6 Å². The zero-order valence-corrected chi connectivity index (χ0v) is 9.56. The molecule has 16 heavy (non-hydrogen) atoms. The second kappa shape index (κ2) is 3.43. The Hall–Kier alpha value is -1.66. The maximum atomic E-state index is 9.60. The van der Waals surface area contributed by atoms with E-state index in [9.17, 15) is 5.11 Å². The van der Waals surface area contributed by atoms with Gasteiger partial charge in [0, 0.05) is 0 Å². The fraction of sp³-hybridized carbons (Fsp3) is 0. The summed E-state index contributed by atoms with van der Waals surface area (Å²) in [5.41, 5.74) is 1.45. The molecule has 0 aliphatic carbocycles. The molecule has 2 aromatic heterocycles. The van der Waals surface area contributed by atoms with Gasteiger partial charge in [-0.05, 0) is 24.4 Å². The van der Waals surface area contributed by atoms with Gasteiger partial charge in [0.1, 0.15) is 5.52 Å². The third-order valence-electron chi connectivity index (χ3n) is 2.12. The number of hydrogen-bond acceptors (Lipinski definition) is 5. The van der Waals surface area contributed by atoms with E-state index >= 15 is 0 Å². The van der Waals surface area contributed by atoms with Crippen LogP contribution in [0.25, 0.3) is 21.9 Å². The predicted molar refractivity (Wildman–Crippen MR) is 64.2 cm³/mol. The fourth-order valence-electron chi connectivity index (χ4n) is 1.43. The molecule has 6 heteroatoms. The van der Waals surface area contributed by atoms with Crippen LogP contribution < -0.4 is 0 Å². The first-order valence-electron chi connectivity index (χ1n) is 4.52. The van der Waals surface area contributed by atoms with Crippen LogP contribution in [0.4, 0.5) is 0 Å². The van der Waals surface area contributed by atoms with Crippen molar-refractivity contribution < 1.29 is 9.52 Å². The van der Waals surface area contributed by atoms with Crippen LogP contribution in [-0.4, -0.2) is 15.1 Å². The van der Waals surface area contributed by atoms with Crippen LogP contribution in [-0.2, 0) is 0 Å². The summed E-state index contributed by atoms with van der Waals surface area (Å²) < 4.78 is 6.02. The van der Waals surface area contributed by atoms with E-state index in [1.54, 1.807) is 0 Å². The molecule has 1 aromatic carbocycles. The Morgan fingerprint density at radius 3 is 2.88 bits per heavy atom. The molecular formula is C10H6N2O2S2. The molecule has 0 atom stereocenters. The lowest BCUT2D eigenvalue weighted by atomic mass is 10.3. The molecule has 0 spiro atoms. The largest absolute Gasteiger partial charge is 0.493 e. The van der Waals surface area contributed by atoms with Gasteiger partial charge in [-0.25, -0.2) is 4.98 Å². The number of fused-ring (bicyclic) bond motifs is 1. The van der Waals surface area contributed by atoms with E-state index in [1.807, 2.05) is 24.3 Å². The lowest BCUT2D eigenvalue weighted by molar-refractivity contribution is 0.456. The molecule has 0 aliphatic rings. The van der Waals surface area contributed by atoms with Crippen molar-refractivity contribution in [3.63, 3.8) is 0 Å². The Morgan fingerprint density at radius 2 is 2.19 bits per heavy atom. The maximum Gasteiger partial charge on any atom is 0.243 e. The molecule has 80 valence electrons. The monoisotopic (exact) mass is 250 g/mol. The standard InChI is InChI=1S/C10H6N2O2S2/c13-8-7(16-10(15)12-8)9-11-5-3-1-2-4-6(5)14-9/h1-4,13H,(H,12,15). The number of aromatic amines is 1. The van der Waals surface area contributed by atoms with Crippen molar-refractivity contribution in [3.8, 4) is 16.6 Å². The third kappa shape index (κ3) is 1.43. The molecule has 0 fully saturated rings. The topological polar surface area (TPSA) is 62.0 Å². The first-order valence-corrected chi connectivity index (χ1v) is 5.74. The lowest BCUT2D eigenvalue weighted by Gasteiger charge is -1.87. The second-order valence-electron chi connectivity index (χ2n) is 3.18. The number of oxazole rings is 1. The maximum absolute atomic E-state index is 9.60. The molecule has 3 rings (SSSR count). The summed E-state index contributed by atoms with van der Waals surface area (Å²) in [4.78, 5) is 7.44. The highest BCUT2D eigenvalue weighted by Crippen LogP contribution is 2.34. The first kappa shape index (κ1) is 9.56. The molecular weight excluding hydrogens is 244 g/mol. The number of para-hydroxylation sites is 2. The van der Waals surface area contributed by atoms with Crippen LogP contribution in [0.2, 0.25) is 0 Å². The Labute approximate surface area is 99.2 Å². The summed E-state index contributed by atoms with van der Waals surface area (Å²) in [6, 6.07) is 7.43. The number of rotatable bonds is 1. The SMILES string of the molecule is Oc1[nH]c(=S)sc1-c1nc2ccccc2o1. The van der Waals surface area contributed by atoms with Gasteiger partial charge in [-0.3, -0.25) is 0 Å². The van der Waals surface area contributed by atoms with Gasteiger partial charge in [-0.2, -0.15) is 0 Å². The third-order valence-corrected chi connectivity index (χ3v) is 3.33. The molecule has 2 N–H and O–H groups in total. The van der Waals surface area contributed by atoms with Gasteiger partial charge in [-0.15, -0.1) is 0 Å². The number of aromatic hydroxyl groups is 1. The Balaban J connectivity index is 2.26. The molecule has 0 radical (unpaired) electrons. The fourth-order valence-corrected chi connectivity index (χ4v) is 2.44. The molecule has 4 nitrogen and oxygen atoms in total. The number of thiazole rings is 1. The van der Waals surface area contributed by atoms with Crippen LogP contribution in [0, 0.1) is 3.95 Å². The average Bonchev–Trinajstić information content (AvgIpc) is 2.81. The smallest absolute Gasteiger partial charge is 0.243 e. The molecule has 2 heterocycles. The van der Waals surface area contributed by atoms with Gasteiger partial charge >= 0.3 is 0 Å². The summed E-state index contributed by atoms with van der Waals surface area (Å²) in [5.74, 6) is 0.387. The number of benzene rings is 1. The van der Waals surface area contributed by atoms with Crippen molar-refractivity contribution in [2.24, 2.45) is 0 Å². The Morgan fingerprint density at radius 1 is 1.38 bits per heavy atom. The number of H-pyrrole nitrogens is 1.